The molecule has 1 nitrogen and oxygen atoms in total. The van der Waals surface area contributed by atoms with Gasteiger partial charge >= 0.3 is 0 Å². The molecule has 2 heteroatoms. The van der Waals surface area contributed by atoms with E-state index >= 15 is 0 Å². The Morgan fingerprint density at radius 3 is 2.00 bits per heavy atom. The van der Waals surface area contributed by atoms with Crippen molar-refractivity contribution in [3.63, 3.8) is 0 Å². The molecule has 2 bridgehead atoms. The quantitative estimate of drug-likeness (QED) is 0.644. The summed E-state index contributed by atoms with van der Waals surface area (Å²) in [7, 11) is 0. The second-order valence-corrected chi connectivity index (χ2v) is 5.70. The average molecular weight is 215 g/mol. The normalized spacial score (nSPS) is 41.7. The van der Waals surface area contributed by atoms with E-state index in [0.717, 1.165) is 5.92 Å². The molecular formula is C12H19ClO. The van der Waals surface area contributed by atoms with E-state index in [2.05, 4.69) is 13.8 Å². The van der Waals surface area contributed by atoms with Crippen LogP contribution < -0.4 is 0 Å². The topological polar surface area (TPSA) is 17.1 Å². The fourth-order valence-corrected chi connectivity index (χ4v) is 4.12. The van der Waals surface area contributed by atoms with Gasteiger partial charge in [0.05, 0.1) is 0 Å². The molecule has 0 saturated heterocycles. The first-order chi connectivity index (χ1) is 6.61. The van der Waals surface area contributed by atoms with Crippen molar-refractivity contribution in [2.75, 3.05) is 0 Å². The number of carbonyl (C=O) groups excluding carboxylic acids is 1. The van der Waals surface area contributed by atoms with Gasteiger partial charge in [-0.05, 0) is 61.0 Å². The monoisotopic (exact) mass is 214 g/mol. The Morgan fingerprint density at radius 2 is 1.64 bits per heavy atom. The minimum Gasteiger partial charge on any atom is -0.281 e. The van der Waals surface area contributed by atoms with Gasteiger partial charge in [-0.25, -0.2) is 0 Å². The maximum absolute atomic E-state index is 11.5. The summed E-state index contributed by atoms with van der Waals surface area (Å²) in [6.07, 6.45) is 5.12. The first kappa shape index (κ1) is 10.5. The molecule has 2 atom stereocenters. The molecule has 0 amide bonds. The van der Waals surface area contributed by atoms with Gasteiger partial charge in [0, 0.05) is 5.92 Å². The van der Waals surface area contributed by atoms with Crippen molar-refractivity contribution in [2.24, 2.45) is 29.6 Å². The Labute approximate surface area is 91.2 Å². The van der Waals surface area contributed by atoms with Crippen LogP contribution in [-0.2, 0) is 4.79 Å². The fraction of sp³-hybridized carbons (Fsp3) is 0.917. The predicted molar refractivity (Wildman–Crippen MR) is 58.1 cm³/mol. The predicted octanol–water partition coefficient (Wildman–Crippen LogP) is 3.46. The Balaban J connectivity index is 2.22. The van der Waals surface area contributed by atoms with Crippen LogP contribution in [0.5, 0.6) is 0 Å². The molecule has 3 rings (SSSR count). The summed E-state index contributed by atoms with van der Waals surface area (Å²) >= 11 is 5.75. The molecule has 0 aromatic heterocycles. The summed E-state index contributed by atoms with van der Waals surface area (Å²) in [5, 5.41) is -0.0712. The summed E-state index contributed by atoms with van der Waals surface area (Å²) in [5.41, 5.74) is 0. The zero-order chi connectivity index (χ0) is 10.3. The highest BCUT2D eigenvalue weighted by atomic mass is 35.5. The zero-order valence-corrected chi connectivity index (χ0v) is 9.76. The second-order valence-electron chi connectivity index (χ2n) is 5.33. The molecule has 3 aliphatic rings. The largest absolute Gasteiger partial charge is 0.281 e. The van der Waals surface area contributed by atoms with E-state index in [4.69, 9.17) is 11.6 Å². The van der Waals surface area contributed by atoms with Crippen molar-refractivity contribution in [2.45, 2.75) is 39.5 Å². The van der Waals surface area contributed by atoms with Gasteiger partial charge < -0.3 is 0 Å². The average Bonchev–Trinajstić information content (AvgIpc) is 2.17. The summed E-state index contributed by atoms with van der Waals surface area (Å²) in [6.45, 7) is 4.47. The van der Waals surface area contributed by atoms with Crippen molar-refractivity contribution in [3.05, 3.63) is 0 Å². The zero-order valence-electron chi connectivity index (χ0n) is 9.00. The van der Waals surface area contributed by atoms with Crippen LogP contribution in [0, 0.1) is 29.6 Å². The van der Waals surface area contributed by atoms with Crippen molar-refractivity contribution in [3.8, 4) is 0 Å². The molecule has 0 aromatic rings. The first-order valence-corrected chi connectivity index (χ1v) is 6.18. The lowest BCUT2D eigenvalue weighted by atomic mass is 9.56. The Morgan fingerprint density at radius 1 is 1.14 bits per heavy atom. The molecule has 2 unspecified atom stereocenters. The molecule has 14 heavy (non-hydrogen) atoms. The summed E-state index contributed by atoms with van der Waals surface area (Å²) in [6, 6.07) is 0. The molecule has 0 aromatic carbocycles. The summed E-state index contributed by atoms with van der Waals surface area (Å²) in [5.74, 6) is 2.71. The van der Waals surface area contributed by atoms with Crippen LogP contribution in [0.25, 0.3) is 0 Å². The molecule has 0 spiro atoms. The molecule has 0 heterocycles. The maximum atomic E-state index is 11.5. The molecule has 80 valence electrons. The van der Waals surface area contributed by atoms with E-state index in [1.165, 1.54) is 25.7 Å². The van der Waals surface area contributed by atoms with Crippen LogP contribution >= 0.6 is 11.6 Å². The summed E-state index contributed by atoms with van der Waals surface area (Å²) in [4.78, 5) is 11.5. The highest BCUT2D eigenvalue weighted by Crippen LogP contribution is 2.52. The van der Waals surface area contributed by atoms with Crippen molar-refractivity contribution in [1.29, 1.82) is 0 Å². The van der Waals surface area contributed by atoms with Crippen LogP contribution in [0.3, 0.4) is 0 Å². The van der Waals surface area contributed by atoms with Gasteiger partial charge in [0.1, 0.15) is 0 Å². The Hall–Kier alpha value is -0.0400. The molecular weight excluding hydrogens is 196 g/mol. The van der Waals surface area contributed by atoms with Crippen LogP contribution in [0.15, 0.2) is 0 Å². The van der Waals surface area contributed by atoms with E-state index in [9.17, 15) is 4.79 Å². The highest BCUT2D eigenvalue weighted by molar-refractivity contribution is 6.64. The molecule has 0 radical (unpaired) electrons. The SMILES string of the molecule is CC(C)C1C2CCC(CC2)C1C(=O)Cl. The van der Waals surface area contributed by atoms with Crippen LogP contribution in [0.1, 0.15) is 39.5 Å². The Bertz CT molecular complexity index is 228. The third-order valence-corrected chi connectivity index (χ3v) is 4.57. The highest BCUT2D eigenvalue weighted by Gasteiger charge is 2.47. The first-order valence-electron chi connectivity index (χ1n) is 5.80. The van der Waals surface area contributed by atoms with Crippen molar-refractivity contribution in [1.82, 2.24) is 0 Å². The van der Waals surface area contributed by atoms with Crippen LogP contribution in [0.2, 0.25) is 0 Å². The lowest BCUT2D eigenvalue weighted by Gasteiger charge is -2.49. The van der Waals surface area contributed by atoms with Gasteiger partial charge in [0.25, 0.3) is 0 Å². The lowest BCUT2D eigenvalue weighted by Crippen LogP contribution is -2.44. The number of hydrogen-bond acceptors (Lipinski definition) is 1. The van der Waals surface area contributed by atoms with E-state index in [1.807, 2.05) is 0 Å². The lowest BCUT2D eigenvalue weighted by molar-refractivity contribution is -0.125. The van der Waals surface area contributed by atoms with Gasteiger partial charge in [0.2, 0.25) is 5.24 Å². The molecule has 3 saturated carbocycles. The number of hydrogen-bond donors (Lipinski definition) is 0. The Kier molecular flexibility index (Phi) is 2.88. The second kappa shape index (κ2) is 3.84. The van der Waals surface area contributed by atoms with Gasteiger partial charge in [0.15, 0.2) is 0 Å². The number of fused-ring (bicyclic) bond motifs is 3. The van der Waals surface area contributed by atoms with Gasteiger partial charge in [-0.3, -0.25) is 4.79 Å². The van der Waals surface area contributed by atoms with Crippen LogP contribution in [-0.4, -0.2) is 5.24 Å². The minimum absolute atomic E-state index is 0.0712. The smallest absolute Gasteiger partial charge is 0.225 e. The van der Waals surface area contributed by atoms with Crippen molar-refractivity contribution >= 4 is 16.8 Å². The third kappa shape index (κ3) is 1.60. The molecule has 0 N–H and O–H groups in total. The maximum Gasteiger partial charge on any atom is 0.225 e. The van der Waals surface area contributed by atoms with E-state index in [0.29, 0.717) is 17.8 Å². The van der Waals surface area contributed by atoms with E-state index < -0.39 is 0 Å². The number of halogens is 1. The summed E-state index contributed by atoms with van der Waals surface area (Å²) < 4.78 is 0. The minimum atomic E-state index is -0.0712. The fourth-order valence-electron chi connectivity index (χ4n) is 3.79. The van der Waals surface area contributed by atoms with Crippen LogP contribution in [0.4, 0.5) is 0 Å². The standard InChI is InChI=1S/C12H19ClO/c1-7(2)10-8-3-5-9(6-4-8)11(10)12(13)14/h7-11H,3-6H2,1-2H3. The third-order valence-electron chi connectivity index (χ3n) is 4.32. The molecule has 0 aliphatic heterocycles. The van der Waals surface area contributed by atoms with Crippen molar-refractivity contribution < 1.29 is 4.79 Å². The molecule has 3 fully saturated rings. The van der Waals surface area contributed by atoms with E-state index in [-0.39, 0.29) is 11.2 Å². The molecule has 3 aliphatic carbocycles. The van der Waals surface area contributed by atoms with Gasteiger partial charge in [-0.15, -0.1) is 0 Å². The number of rotatable bonds is 2. The van der Waals surface area contributed by atoms with Gasteiger partial charge in [-0.2, -0.15) is 0 Å². The number of carbonyl (C=O) groups is 1. The van der Waals surface area contributed by atoms with Gasteiger partial charge in [-0.1, -0.05) is 13.8 Å². The van der Waals surface area contributed by atoms with E-state index in [1.54, 1.807) is 0 Å².